The van der Waals surface area contributed by atoms with Gasteiger partial charge in [-0.1, -0.05) is 30.3 Å². The molecule has 1 heterocycles. The molecule has 1 aromatic heterocycles. The zero-order chi connectivity index (χ0) is 13.8. The van der Waals surface area contributed by atoms with Crippen molar-refractivity contribution < 1.29 is 9.72 Å². The first-order valence-corrected chi connectivity index (χ1v) is 5.61. The van der Waals surface area contributed by atoms with Gasteiger partial charge in [0.2, 0.25) is 5.69 Å². The second-order valence-corrected chi connectivity index (χ2v) is 3.97. The number of H-pyrrole nitrogens is 1. The number of benzene rings is 1. The van der Waals surface area contributed by atoms with Crippen molar-refractivity contribution in [2.45, 2.75) is 13.5 Å². The van der Waals surface area contributed by atoms with Crippen molar-refractivity contribution in [2.75, 3.05) is 0 Å². The summed E-state index contributed by atoms with van der Waals surface area (Å²) in [4.78, 5) is 22.1. The molecule has 0 atom stereocenters. The van der Waals surface area contributed by atoms with Crippen molar-refractivity contribution in [1.29, 1.82) is 0 Å². The van der Waals surface area contributed by atoms with Crippen LogP contribution in [0.25, 0.3) is 0 Å². The third-order valence-corrected chi connectivity index (χ3v) is 2.61. The van der Waals surface area contributed by atoms with E-state index < -0.39 is 10.8 Å². The zero-order valence-corrected chi connectivity index (χ0v) is 10.2. The number of carbonyl (C=O) groups excluding carboxylic acids is 1. The molecule has 0 fully saturated rings. The molecule has 0 unspecified atom stereocenters. The first-order valence-electron chi connectivity index (χ1n) is 5.61. The van der Waals surface area contributed by atoms with Crippen LogP contribution in [0, 0.1) is 17.0 Å². The Balaban J connectivity index is 2.11. The minimum absolute atomic E-state index is 0.196. The van der Waals surface area contributed by atoms with E-state index in [1.807, 2.05) is 30.3 Å². The highest BCUT2D eigenvalue weighted by Crippen LogP contribution is 2.19. The Labute approximate surface area is 108 Å². The maximum atomic E-state index is 11.9. The molecule has 0 aliphatic rings. The molecule has 1 aromatic carbocycles. The second-order valence-electron chi connectivity index (χ2n) is 3.97. The lowest BCUT2D eigenvalue weighted by molar-refractivity contribution is -0.385. The quantitative estimate of drug-likeness (QED) is 0.643. The smallest absolute Gasteiger partial charge is 0.322 e. The molecule has 2 N–H and O–H groups in total. The summed E-state index contributed by atoms with van der Waals surface area (Å²) >= 11 is 0. The highest BCUT2D eigenvalue weighted by atomic mass is 16.6. The van der Waals surface area contributed by atoms with Crippen LogP contribution in [0.2, 0.25) is 0 Å². The first-order chi connectivity index (χ1) is 9.09. The van der Waals surface area contributed by atoms with Crippen LogP contribution in [-0.4, -0.2) is 21.0 Å². The number of hydrogen-bond acceptors (Lipinski definition) is 4. The Morgan fingerprint density at radius 3 is 2.74 bits per heavy atom. The number of aromatic amines is 1. The summed E-state index contributed by atoms with van der Waals surface area (Å²) in [6, 6.07) is 9.27. The molecule has 98 valence electrons. The number of rotatable bonds is 4. The first kappa shape index (κ1) is 12.7. The van der Waals surface area contributed by atoms with Gasteiger partial charge in [0, 0.05) is 6.54 Å². The molecule has 2 rings (SSSR count). The summed E-state index contributed by atoms with van der Waals surface area (Å²) in [6.45, 7) is 1.79. The van der Waals surface area contributed by atoms with Gasteiger partial charge in [-0.3, -0.25) is 20.0 Å². The van der Waals surface area contributed by atoms with Crippen molar-refractivity contribution in [1.82, 2.24) is 15.5 Å². The lowest BCUT2D eigenvalue weighted by Crippen LogP contribution is -2.24. The summed E-state index contributed by atoms with van der Waals surface area (Å²) in [5.41, 5.74) is 0.685. The number of aryl methyl sites for hydroxylation is 1. The zero-order valence-electron chi connectivity index (χ0n) is 10.2. The number of carbonyl (C=O) groups is 1. The van der Waals surface area contributed by atoms with Crippen LogP contribution in [0.4, 0.5) is 5.69 Å². The molecular formula is C12H12N4O3. The predicted molar refractivity (Wildman–Crippen MR) is 67.6 cm³/mol. The Kier molecular flexibility index (Phi) is 3.56. The van der Waals surface area contributed by atoms with Crippen molar-refractivity contribution in [3.63, 3.8) is 0 Å². The van der Waals surface area contributed by atoms with Gasteiger partial charge in [-0.2, -0.15) is 5.10 Å². The van der Waals surface area contributed by atoms with Crippen LogP contribution in [0.3, 0.4) is 0 Å². The molecule has 0 aliphatic heterocycles. The van der Waals surface area contributed by atoms with Gasteiger partial charge in [-0.05, 0) is 12.5 Å². The lowest BCUT2D eigenvalue weighted by atomic mass is 10.2. The monoisotopic (exact) mass is 260 g/mol. The van der Waals surface area contributed by atoms with Crippen LogP contribution >= 0.6 is 0 Å². The topological polar surface area (TPSA) is 101 Å². The molecule has 19 heavy (non-hydrogen) atoms. The number of amides is 1. The van der Waals surface area contributed by atoms with Crippen LogP contribution in [0.1, 0.15) is 21.7 Å². The molecule has 0 radical (unpaired) electrons. The molecular weight excluding hydrogens is 248 g/mol. The highest BCUT2D eigenvalue weighted by Gasteiger charge is 2.26. The molecule has 7 nitrogen and oxygen atoms in total. The molecule has 0 bridgehead atoms. The summed E-state index contributed by atoms with van der Waals surface area (Å²) < 4.78 is 0. The van der Waals surface area contributed by atoms with E-state index in [1.165, 1.54) is 6.92 Å². The Morgan fingerprint density at radius 2 is 2.11 bits per heavy atom. The van der Waals surface area contributed by atoms with Crippen molar-refractivity contribution in [3.8, 4) is 0 Å². The van der Waals surface area contributed by atoms with Gasteiger partial charge in [0.1, 0.15) is 5.69 Å². The Bertz CT molecular complexity index is 607. The molecule has 0 saturated carbocycles. The highest BCUT2D eigenvalue weighted by molar-refractivity contribution is 5.96. The minimum Gasteiger partial charge on any atom is -0.346 e. The summed E-state index contributed by atoms with van der Waals surface area (Å²) in [6.07, 6.45) is 0. The van der Waals surface area contributed by atoms with Crippen molar-refractivity contribution in [2.24, 2.45) is 0 Å². The predicted octanol–water partition coefficient (Wildman–Crippen LogP) is 1.56. The Hall–Kier alpha value is -2.70. The van der Waals surface area contributed by atoms with E-state index in [9.17, 15) is 14.9 Å². The molecule has 2 aromatic rings. The largest absolute Gasteiger partial charge is 0.346 e. The van der Waals surface area contributed by atoms with Gasteiger partial charge in [-0.25, -0.2) is 0 Å². The van der Waals surface area contributed by atoms with Crippen molar-refractivity contribution >= 4 is 11.6 Å². The fourth-order valence-corrected chi connectivity index (χ4v) is 1.67. The van der Waals surface area contributed by atoms with Crippen LogP contribution in [0.15, 0.2) is 30.3 Å². The number of nitrogens with zero attached hydrogens (tertiary/aromatic N) is 2. The van der Waals surface area contributed by atoms with E-state index in [0.717, 1.165) is 5.56 Å². The van der Waals surface area contributed by atoms with Gasteiger partial charge in [0.05, 0.1) is 4.92 Å². The molecule has 0 spiro atoms. The SMILES string of the molecule is Cc1[nH]nc(C(=O)NCc2ccccc2)c1[N+](=O)[O-]. The number of hydrogen-bond donors (Lipinski definition) is 2. The molecule has 0 aliphatic carbocycles. The fraction of sp³-hybridized carbons (Fsp3) is 0.167. The third kappa shape index (κ3) is 2.76. The van der Waals surface area contributed by atoms with Gasteiger partial charge in [-0.15, -0.1) is 0 Å². The second kappa shape index (κ2) is 5.30. The standard InChI is InChI=1S/C12H12N4O3/c1-8-11(16(18)19)10(15-14-8)12(17)13-7-9-5-3-2-4-6-9/h2-6H,7H2,1H3,(H,13,17)(H,14,15). The normalized spacial score (nSPS) is 10.2. The van der Waals surface area contributed by atoms with E-state index in [0.29, 0.717) is 6.54 Å². The van der Waals surface area contributed by atoms with Crippen LogP contribution in [-0.2, 0) is 6.54 Å². The molecule has 7 heteroatoms. The average molecular weight is 260 g/mol. The lowest BCUT2D eigenvalue weighted by Gasteiger charge is -2.02. The van der Waals surface area contributed by atoms with Gasteiger partial charge >= 0.3 is 5.69 Å². The number of nitrogens with one attached hydrogen (secondary N) is 2. The van der Waals surface area contributed by atoms with E-state index in [1.54, 1.807) is 0 Å². The summed E-state index contributed by atoms with van der Waals surface area (Å²) in [7, 11) is 0. The van der Waals surface area contributed by atoms with Gasteiger partial charge in [0.25, 0.3) is 5.91 Å². The Morgan fingerprint density at radius 1 is 1.42 bits per heavy atom. The molecule has 0 saturated heterocycles. The number of nitro groups is 1. The summed E-state index contributed by atoms with van der Waals surface area (Å²) in [5, 5.41) is 19.6. The minimum atomic E-state index is -0.615. The third-order valence-electron chi connectivity index (χ3n) is 2.61. The maximum Gasteiger partial charge on any atom is 0.322 e. The van der Waals surface area contributed by atoms with E-state index in [2.05, 4.69) is 15.5 Å². The number of aromatic nitrogens is 2. The molecule has 1 amide bonds. The van der Waals surface area contributed by atoms with Gasteiger partial charge in [0.15, 0.2) is 0 Å². The average Bonchev–Trinajstić information content (AvgIpc) is 2.79. The van der Waals surface area contributed by atoms with E-state index >= 15 is 0 Å². The van der Waals surface area contributed by atoms with Gasteiger partial charge < -0.3 is 5.32 Å². The van der Waals surface area contributed by atoms with Crippen molar-refractivity contribution in [3.05, 3.63) is 57.4 Å². The van der Waals surface area contributed by atoms with Crippen LogP contribution in [0.5, 0.6) is 0 Å². The van der Waals surface area contributed by atoms with E-state index in [-0.39, 0.29) is 17.1 Å². The summed E-state index contributed by atoms with van der Waals surface area (Å²) in [5.74, 6) is -0.570. The maximum absolute atomic E-state index is 11.9. The fourth-order valence-electron chi connectivity index (χ4n) is 1.67. The van der Waals surface area contributed by atoms with E-state index in [4.69, 9.17) is 0 Å². The van der Waals surface area contributed by atoms with Crippen LogP contribution < -0.4 is 5.32 Å².